The van der Waals surface area contributed by atoms with Crippen molar-refractivity contribution in [3.05, 3.63) is 11.9 Å². The maximum atomic E-state index is 4.53. The van der Waals surface area contributed by atoms with Crippen LogP contribution in [0.2, 0.25) is 0 Å². The van der Waals surface area contributed by atoms with E-state index in [4.69, 9.17) is 0 Å². The summed E-state index contributed by atoms with van der Waals surface area (Å²) in [6, 6.07) is 2.09. The van der Waals surface area contributed by atoms with Crippen molar-refractivity contribution >= 4 is 11.6 Å². The van der Waals surface area contributed by atoms with Gasteiger partial charge in [0.25, 0.3) is 0 Å². The van der Waals surface area contributed by atoms with Crippen molar-refractivity contribution in [2.45, 2.75) is 40.5 Å². The first-order chi connectivity index (χ1) is 8.62. The van der Waals surface area contributed by atoms with Gasteiger partial charge in [0.2, 0.25) is 0 Å². The van der Waals surface area contributed by atoms with Crippen LogP contribution in [0, 0.1) is 6.92 Å². The van der Waals surface area contributed by atoms with Crippen LogP contribution >= 0.6 is 0 Å². The maximum Gasteiger partial charge on any atom is 0.134 e. The minimum Gasteiger partial charge on any atom is -0.360 e. The van der Waals surface area contributed by atoms with E-state index in [2.05, 4.69) is 53.7 Å². The van der Waals surface area contributed by atoms with Gasteiger partial charge in [0, 0.05) is 32.7 Å². The second-order valence-electron chi connectivity index (χ2n) is 4.58. The van der Waals surface area contributed by atoms with E-state index in [1.54, 1.807) is 0 Å². The minimum atomic E-state index is 0.845. The Bertz CT molecular complexity index is 361. The van der Waals surface area contributed by atoms with Gasteiger partial charge in [0.1, 0.15) is 17.5 Å². The molecule has 0 bridgehead atoms. The van der Waals surface area contributed by atoms with E-state index in [1.807, 2.05) is 6.92 Å². The zero-order valence-corrected chi connectivity index (χ0v) is 12.4. The largest absolute Gasteiger partial charge is 0.360 e. The summed E-state index contributed by atoms with van der Waals surface area (Å²) in [5.74, 6) is 2.90. The van der Waals surface area contributed by atoms with Gasteiger partial charge >= 0.3 is 0 Å². The predicted octanol–water partition coefficient (Wildman–Crippen LogP) is 2.87. The molecule has 4 heteroatoms. The molecular weight excluding hydrogens is 224 g/mol. The van der Waals surface area contributed by atoms with Crippen LogP contribution in [-0.4, -0.2) is 36.6 Å². The molecule has 0 aliphatic heterocycles. The predicted molar refractivity (Wildman–Crippen MR) is 78.5 cm³/mol. The molecule has 102 valence electrons. The molecule has 0 unspecified atom stereocenters. The van der Waals surface area contributed by atoms with E-state index in [9.17, 15) is 0 Å². The highest BCUT2D eigenvalue weighted by Crippen LogP contribution is 2.18. The minimum absolute atomic E-state index is 0.845. The lowest BCUT2D eigenvalue weighted by molar-refractivity contribution is 0.753. The van der Waals surface area contributed by atoms with Crippen molar-refractivity contribution in [2.24, 2.45) is 0 Å². The van der Waals surface area contributed by atoms with E-state index in [1.165, 1.54) is 12.8 Å². The third-order valence-corrected chi connectivity index (χ3v) is 3.14. The Morgan fingerprint density at radius 2 is 1.67 bits per heavy atom. The molecule has 0 aliphatic carbocycles. The lowest BCUT2D eigenvalue weighted by Gasteiger charge is -2.23. The molecule has 0 amide bonds. The Hall–Kier alpha value is -1.32. The number of nitrogens with zero attached hydrogens (tertiary/aromatic N) is 4. The molecule has 0 aromatic carbocycles. The second-order valence-corrected chi connectivity index (χ2v) is 4.58. The first kappa shape index (κ1) is 14.7. The molecule has 0 aliphatic rings. The lowest BCUT2D eigenvalue weighted by Crippen LogP contribution is -2.25. The summed E-state index contributed by atoms with van der Waals surface area (Å²) in [5.41, 5.74) is 0. The van der Waals surface area contributed by atoms with E-state index < -0.39 is 0 Å². The van der Waals surface area contributed by atoms with Crippen LogP contribution in [0.4, 0.5) is 11.6 Å². The van der Waals surface area contributed by atoms with Gasteiger partial charge in [-0.25, -0.2) is 9.97 Å². The van der Waals surface area contributed by atoms with Crippen LogP contribution in [0.15, 0.2) is 6.07 Å². The van der Waals surface area contributed by atoms with Crippen molar-refractivity contribution < 1.29 is 0 Å². The standard InChI is InChI=1S/C14H26N4/c1-6-9-10-17(5)13-11-14(16-12(4)15-13)18(7-2)8-3/h11H,6-10H2,1-5H3. The van der Waals surface area contributed by atoms with Crippen molar-refractivity contribution in [2.75, 3.05) is 36.5 Å². The zero-order chi connectivity index (χ0) is 13.5. The molecule has 1 aromatic rings. The van der Waals surface area contributed by atoms with Crippen LogP contribution < -0.4 is 9.80 Å². The van der Waals surface area contributed by atoms with E-state index in [-0.39, 0.29) is 0 Å². The molecule has 0 saturated carbocycles. The number of unbranched alkanes of at least 4 members (excludes halogenated alkanes) is 1. The topological polar surface area (TPSA) is 32.3 Å². The van der Waals surface area contributed by atoms with Crippen molar-refractivity contribution in [1.29, 1.82) is 0 Å². The van der Waals surface area contributed by atoms with Crippen molar-refractivity contribution in [3.8, 4) is 0 Å². The van der Waals surface area contributed by atoms with Gasteiger partial charge in [-0.3, -0.25) is 0 Å². The van der Waals surface area contributed by atoms with Gasteiger partial charge in [0.05, 0.1) is 0 Å². The molecule has 18 heavy (non-hydrogen) atoms. The highest BCUT2D eigenvalue weighted by Gasteiger charge is 2.09. The molecule has 0 fully saturated rings. The summed E-state index contributed by atoms with van der Waals surface area (Å²) in [7, 11) is 2.10. The van der Waals surface area contributed by atoms with Gasteiger partial charge in [-0.2, -0.15) is 0 Å². The van der Waals surface area contributed by atoms with Crippen molar-refractivity contribution in [3.63, 3.8) is 0 Å². The number of aromatic nitrogens is 2. The SMILES string of the molecule is CCCCN(C)c1cc(N(CC)CC)nc(C)n1. The van der Waals surface area contributed by atoms with Gasteiger partial charge in [-0.1, -0.05) is 13.3 Å². The molecule has 1 aromatic heterocycles. The molecule has 0 radical (unpaired) electrons. The summed E-state index contributed by atoms with van der Waals surface area (Å²) in [6.07, 6.45) is 2.40. The molecule has 0 N–H and O–H groups in total. The Morgan fingerprint density at radius 1 is 1.06 bits per heavy atom. The number of anilines is 2. The molecule has 1 rings (SSSR count). The van der Waals surface area contributed by atoms with Crippen LogP contribution in [0.3, 0.4) is 0 Å². The molecule has 4 nitrogen and oxygen atoms in total. The van der Waals surface area contributed by atoms with Crippen LogP contribution in [0.1, 0.15) is 39.4 Å². The average molecular weight is 250 g/mol. The second kappa shape index (κ2) is 7.19. The van der Waals surface area contributed by atoms with Crippen LogP contribution in [-0.2, 0) is 0 Å². The average Bonchev–Trinajstić information content (AvgIpc) is 2.36. The summed E-state index contributed by atoms with van der Waals surface area (Å²) >= 11 is 0. The Morgan fingerprint density at radius 3 is 2.22 bits per heavy atom. The monoisotopic (exact) mass is 250 g/mol. The molecule has 0 spiro atoms. The Kier molecular flexibility index (Phi) is 5.89. The normalized spacial score (nSPS) is 10.5. The first-order valence-electron chi connectivity index (χ1n) is 6.94. The molecule has 0 saturated heterocycles. The quantitative estimate of drug-likeness (QED) is 0.745. The van der Waals surface area contributed by atoms with Gasteiger partial charge in [0.15, 0.2) is 0 Å². The fraction of sp³-hybridized carbons (Fsp3) is 0.714. The highest BCUT2D eigenvalue weighted by atomic mass is 15.2. The van der Waals surface area contributed by atoms with Crippen LogP contribution in [0.5, 0.6) is 0 Å². The summed E-state index contributed by atoms with van der Waals surface area (Å²) in [4.78, 5) is 13.5. The van der Waals surface area contributed by atoms with Crippen molar-refractivity contribution in [1.82, 2.24) is 9.97 Å². The van der Waals surface area contributed by atoms with E-state index >= 15 is 0 Å². The van der Waals surface area contributed by atoms with Gasteiger partial charge in [-0.15, -0.1) is 0 Å². The Labute approximate surface area is 111 Å². The fourth-order valence-electron chi connectivity index (χ4n) is 1.95. The molecule has 1 heterocycles. The lowest BCUT2D eigenvalue weighted by atomic mass is 10.3. The number of hydrogen-bond donors (Lipinski definition) is 0. The highest BCUT2D eigenvalue weighted by molar-refractivity contribution is 5.50. The number of hydrogen-bond acceptors (Lipinski definition) is 4. The maximum absolute atomic E-state index is 4.53. The Balaban J connectivity index is 2.92. The zero-order valence-electron chi connectivity index (χ0n) is 12.4. The summed E-state index contributed by atoms with van der Waals surface area (Å²) in [6.45, 7) is 11.5. The first-order valence-corrected chi connectivity index (χ1v) is 6.94. The van der Waals surface area contributed by atoms with E-state index in [0.29, 0.717) is 0 Å². The summed E-state index contributed by atoms with van der Waals surface area (Å²) < 4.78 is 0. The van der Waals surface area contributed by atoms with E-state index in [0.717, 1.165) is 37.1 Å². The molecule has 0 atom stereocenters. The number of aryl methyl sites for hydroxylation is 1. The van der Waals surface area contributed by atoms with Gasteiger partial charge < -0.3 is 9.80 Å². The fourth-order valence-corrected chi connectivity index (χ4v) is 1.95. The third kappa shape index (κ3) is 3.86. The van der Waals surface area contributed by atoms with Gasteiger partial charge in [-0.05, 0) is 27.2 Å². The molecular formula is C14H26N4. The summed E-state index contributed by atoms with van der Waals surface area (Å²) in [5, 5.41) is 0. The van der Waals surface area contributed by atoms with Crippen LogP contribution in [0.25, 0.3) is 0 Å². The smallest absolute Gasteiger partial charge is 0.134 e. The third-order valence-electron chi connectivity index (χ3n) is 3.14. The number of rotatable bonds is 7.